The van der Waals surface area contributed by atoms with E-state index in [1.54, 1.807) is 0 Å². The Bertz CT molecular complexity index is 472. The summed E-state index contributed by atoms with van der Waals surface area (Å²) in [6.45, 7) is 5.88. The third-order valence-corrected chi connectivity index (χ3v) is 4.38. The Morgan fingerprint density at radius 1 is 1.32 bits per heavy atom. The quantitative estimate of drug-likeness (QED) is 0.905. The van der Waals surface area contributed by atoms with Crippen molar-refractivity contribution >= 4 is 15.9 Å². The van der Waals surface area contributed by atoms with Crippen LogP contribution in [-0.2, 0) is 11.2 Å². The summed E-state index contributed by atoms with van der Waals surface area (Å²) in [5.74, 6) is 1.65. The number of hydrogen-bond acceptors (Lipinski definition) is 4. The zero-order valence-electron chi connectivity index (χ0n) is 11.0. The first-order valence-electron chi connectivity index (χ1n) is 6.74. The van der Waals surface area contributed by atoms with E-state index in [4.69, 9.17) is 14.2 Å². The first-order chi connectivity index (χ1) is 9.31. The molecule has 1 aromatic rings. The summed E-state index contributed by atoms with van der Waals surface area (Å²) >= 11 is 3.66. The molecule has 0 radical (unpaired) electrons. The van der Waals surface area contributed by atoms with Crippen LogP contribution in [0, 0.1) is 0 Å². The van der Waals surface area contributed by atoms with Crippen LogP contribution in [0.3, 0.4) is 0 Å². The number of morpholine rings is 1. The Labute approximate surface area is 121 Å². The molecule has 0 aliphatic carbocycles. The molecule has 1 saturated heterocycles. The van der Waals surface area contributed by atoms with Crippen molar-refractivity contribution in [2.75, 3.05) is 32.9 Å². The zero-order valence-corrected chi connectivity index (χ0v) is 12.6. The maximum absolute atomic E-state index is 5.87. The summed E-state index contributed by atoms with van der Waals surface area (Å²) in [5.41, 5.74) is 2.45. The number of benzene rings is 1. The van der Waals surface area contributed by atoms with Crippen molar-refractivity contribution < 1.29 is 14.2 Å². The largest absolute Gasteiger partial charge is 0.486 e. The van der Waals surface area contributed by atoms with Crippen molar-refractivity contribution in [1.29, 1.82) is 0 Å². The van der Waals surface area contributed by atoms with Gasteiger partial charge >= 0.3 is 0 Å². The molecule has 0 spiro atoms. The fourth-order valence-electron chi connectivity index (χ4n) is 2.61. The molecular weight excluding hydrogens is 310 g/mol. The van der Waals surface area contributed by atoms with Crippen LogP contribution in [-0.4, -0.2) is 32.9 Å². The molecule has 2 heterocycles. The van der Waals surface area contributed by atoms with Gasteiger partial charge in [0.2, 0.25) is 0 Å². The SMILES string of the molecule is CCc1c(C2CNCCO2)cc2c(c1Br)OCCO2. The zero-order chi connectivity index (χ0) is 13.2. The van der Waals surface area contributed by atoms with E-state index in [2.05, 4.69) is 34.2 Å². The van der Waals surface area contributed by atoms with Crippen molar-refractivity contribution in [3.8, 4) is 11.5 Å². The number of ether oxygens (including phenoxy) is 3. The van der Waals surface area contributed by atoms with Crippen molar-refractivity contribution in [3.63, 3.8) is 0 Å². The number of fused-ring (bicyclic) bond motifs is 1. The normalized spacial score (nSPS) is 22.3. The smallest absolute Gasteiger partial charge is 0.175 e. The number of rotatable bonds is 2. The van der Waals surface area contributed by atoms with E-state index < -0.39 is 0 Å². The van der Waals surface area contributed by atoms with E-state index >= 15 is 0 Å². The van der Waals surface area contributed by atoms with E-state index in [0.717, 1.165) is 42.1 Å². The van der Waals surface area contributed by atoms with Crippen molar-refractivity contribution in [2.45, 2.75) is 19.4 Å². The predicted molar refractivity (Wildman–Crippen MR) is 76.1 cm³/mol. The van der Waals surface area contributed by atoms with E-state index in [-0.39, 0.29) is 6.10 Å². The molecule has 2 aliphatic heterocycles. The molecule has 5 heteroatoms. The molecule has 3 rings (SSSR count). The minimum absolute atomic E-state index is 0.0934. The Kier molecular flexibility index (Phi) is 3.96. The number of nitrogens with one attached hydrogen (secondary N) is 1. The van der Waals surface area contributed by atoms with Crippen LogP contribution in [0.1, 0.15) is 24.2 Å². The van der Waals surface area contributed by atoms with Crippen LogP contribution in [0.25, 0.3) is 0 Å². The van der Waals surface area contributed by atoms with Gasteiger partial charge in [0.05, 0.1) is 17.2 Å². The highest BCUT2D eigenvalue weighted by Crippen LogP contribution is 2.44. The minimum atomic E-state index is 0.0934. The topological polar surface area (TPSA) is 39.7 Å². The maximum Gasteiger partial charge on any atom is 0.175 e. The van der Waals surface area contributed by atoms with Crippen LogP contribution in [0.4, 0.5) is 0 Å². The predicted octanol–water partition coefficient (Wildman–Crippen LogP) is 2.44. The number of halogens is 1. The summed E-state index contributed by atoms with van der Waals surface area (Å²) in [5, 5.41) is 3.37. The second kappa shape index (κ2) is 5.69. The van der Waals surface area contributed by atoms with Gasteiger partial charge in [0, 0.05) is 13.1 Å². The van der Waals surface area contributed by atoms with Gasteiger partial charge in [0.1, 0.15) is 13.2 Å². The van der Waals surface area contributed by atoms with Gasteiger partial charge in [-0.2, -0.15) is 0 Å². The van der Waals surface area contributed by atoms with Gasteiger partial charge in [-0.05, 0) is 39.5 Å². The molecule has 0 aromatic heterocycles. The van der Waals surface area contributed by atoms with Crippen molar-refractivity contribution in [3.05, 3.63) is 21.7 Å². The van der Waals surface area contributed by atoms with Gasteiger partial charge in [0.15, 0.2) is 11.5 Å². The standard InChI is InChI=1S/C14H18BrNO3/c1-2-9-10(12-8-16-3-4-17-12)7-11-14(13(9)15)19-6-5-18-11/h7,12,16H,2-6,8H2,1H3. The third kappa shape index (κ3) is 2.47. The lowest BCUT2D eigenvalue weighted by Crippen LogP contribution is -2.34. The fourth-order valence-corrected chi connectivity index (χ4v) is 3.43. The van der Waals surface area contributed by atoms with Gasteiger partial charge in [-0.3, -0.25) is 0 Å². The van der Waals surface area contributed by atoms with E-state index in [1.807, 2.05) is 0 Å². The molecule has 0 saturated carbocycles. The van der Waals surface area contributed by atoms with Gasteiger partial charge < -0.3 is 19.5 Å². The maximum atomic E-state index is 5.87. The Morgan fingerprint density at radius 2 is 2.16 bits per heavy atom. The van der Waals surface area contributed by atoms with Crippen molar-refractivity contribution in [1.82, 2.24) is 5.32 Å². The molecule has 19 heavy (non-hydrogen) atoms. The summed E-state index contributed by atoms with van der Waals surface area (Å²) in [6.07, 6.45) is 1.03. The second-order valence-electron chi connectivity index (χ2n) is 4.70. The highest BCUT2D eigenvalue weighted by molar-refractivity contribution is 9.10. The molecular formula is C14H18BrNO3. The van der Waals surface area contributed by atoms with Crippen LogP contribution in [0.2, 0.25) is 0 Å². The van der Waals surface area contributed by atoms with Gasteiger partial charge in [-0.15, -0.1) is 0 Å². The summed E-state index contributed by atoms with van der Waals surface area (Å²) < 4.78 is 18.3. The van der Waals surface area contributed by atoms with Gasteiger partial charge in [0.25, 0.3) is 0 Å². The molecule has 104 valence electrons. The monoisotopic (exact) mass is 327 g/mol. The van der Waals surface area contributed by atoms with Crippen LogP contribution in [0.5, 0.6) is 11.5 Å². The summed E-state index contributed by atoms with van der Waals surface area (Å²) in [4.78, 5) is 0. The molecule has 1 unspecified atom stereocenters. The van der Waals surface area contributed by atoms with Crippen LogP contribution < -0.4 is 14.8 Å². The molecule has 0 amide bonds. The lowest BCUT2D eigenvalue weighted by Gasteiger charge is -2.29. The first kappa shape index (κ1) is 13.2. The lowest BCUT2D eigenvalue weighted by atomic mass is 9.98. The average Bonchev–Trinajstić information content (AvgIpc) is 2.48. The third-order valence-electron chi connectivity index (χ3n) is 3.54. The first-order valence-corrected chi connectivity index (χ1v) is 7.53. The molecule has 1 fully saturated rings. The second-order valence-corrected chi connectivity index (χ2v) is 5.49. The molecule has 2 aliphatic rings. The molecule has 1 aromatic carbocycles. The van der Waals surface area contributed by atoms with Crippen LogP contribution >= 0.6 is 15.9 Å². The van der Waals surface area contributed by atoms with Crippen molar-refractivity contribution in [2.24, 2.45) is 0 Å². The summed E-state index contributed by atoms with van der Waals surface area (Å²) in [7, 11) is 0. The van der Waals surface area contributed by atoms with E-state index in [9.17, 15) is 0 Å². The lowest BCUT2D eigenvalue weighted by molar-refractivity contribution is 0.0268. The molecule has 0 bridgehead atoms. The Morgan fingerprint density at radius 3 is 2.89 bits per heavy atom. The number of hydrogen-bond donors (Lipinski definition) is 1. The highest BCUT2D eigenvalue weighted by Gasteiger charge is 2.26. The Balaban J connectivity index is 2.04. The summed E-state index contributed by atoms with van der Waals surface area (Å²) in [6, 6.07) is 2.08. The van der Waals surface area contributed by atoms with Gasteiger partial charge in [-0.25, -0.2) is 0 Å². The Hall–Kier alpha value is -0.780. The van der Waals surface area contributed by atoms with E-state index in [1.165, 1.54) is 11.1 Å². The molecule has 1 N–H and O–H groups in total. The van der Waals surface area contributed by atoms with Gasteiger partial charge in [-0.1, -0.05) is 6.92 Å². The average molecular weight is 328 g/mol. The van der Waals surface area contributed by atoms with Crippen LogP contribution in [0.15, 0.2) is 10.5 Å². The highest BCUT2D eigenvalue weighted by atomic mass is 79.9. The molecule has 4 nitrogen and oxygen atoms in total. The van der Waals surface area contributed by atoms with E-state index in [0.29, 0.717) is 13.2 Å². The minimum Gasteiger partial charge on any atom is -0.486 e. The molecule has 1 atom stereocenters. The fraction of sp³-hybridized carbons (Fsp3) is 0.571.